The van der Waals surface area contributed by atoms with E-state index in [0.717, 1.165) is 45.0 Å². The van der Waals surface area contributed by atoms with E-state index in [1.165, 1.54) is 12.3 Å². The maximum Gasteiger partial charge on any atom is 0.255 e. The molecule has 1 aromatic heterocycles. The van der Waals surface area contributed by atoms with Gasteiger partial charge in [0.05, 0.1) is 10.6 Å². The molecule has 200 valence electrons. The Balaban J connectivity index is 1.41. The Labute approximate surface area is 223 Å². The topological polar surface area (TPSA) is 112 Å². The highest BCUT2D eigenvalue weighted by Gasteiger charge is 2.27. The molecule has 11 heteroatoms. The summed E-state index contributed by atoms with van der Waals surface area (Å²) in [4.78, 5) is 34.3. The first-order valence-electron chi connectivity index (χ1n) is 12.6. The maximum atomic E-state index is 12.9. The van der Waals surface area contributed by atoms with Crippen molar-refractivity contribution in [2.75, 3.05) is 49.7 Å². The average molecular weight is 548 g/mol. The van der Waals surface area contributed by atoms with Crippen molar-refractivity contribution in [1.82, 2.24) is 15.2 Å². The molecule has 0 bridgehead atoms. The summed E-state index contributed by atoms with van der Waals surface area (Å²) in [6.07, 6.45) is 6.50. The fourth-order valence-electron chi connectivity index (χ4n) is 4.86. The van der Waals surface area contributed by atoms with Gasteiger partial charge in [-0.15, -0.1) is 0 Å². The van der Waals surface area contributed by atoms with Crippen LogP contribution >= 0.6 is 11.6 Å². The number of likely N-dealkylation sites (tertiary alicyclic amines) is 1. The van der Waals surface area contributed by atoms with Gasteiger partial charge in [-0.05, 0) is 76.0 Å². The SMILES string of the molecule is CN1CCC(NC(=O)CC2CCN(c3ncc(S(C)(=O)=O)cc3NC(=O)c3cccc(Cl)c3)CC2)CC1. The molecule has 0 saturated carbocycles. The van der Waals surface area contributed by atoms with Gasteiger partial charge in [-0.1, -0.05) is 17.7 Å². The monoisotopic (exact) mass is 547 g/mol. The number of carbonyl (C=O) groups is 2. The zero-order valence-corrected chi connectivity index (χ0v) is 22.8. The van der Waals surface area contributed by atoms with Crippen LogP contribution in [0, 0.1) is 5.92 Å². The highest BCUT2D eigenvalue weighted by atomic mass is 35.5. The third kappa shape index (κ3) is 7.43. The molecule has 9 nitrogen and oxygen atoms in total. The third-order valence-electron chi connectivity index (χ3n) is 7.08. The molecule has 0 atom stereocenters. The zero-order chi connectivity index (χ0) is 26.6. The van der Waals surface area contributed by atoms with Gasteiger partial charge in [-0.2, -0.15) is 0 Å². The maximum absolute atomic E-state index is 12.9. The lowest BCUT2D eigenvalue weighted by Gasteiger charge is -2.34. The van der Waals surface area contributed by atoms with Crippen LogP contribution in [-0.2, 0) is 14.6 Å². The number of sulfone groups is 1. The fraction of sp³-hybridized carbons (Fsp3) is 0.500. The van der Waals surface area contributed by atoms with Gasteiger partial charge in [0.1, 0.15) is 0 Å². The van der Waals surface area contributed by atoms with Crippen molar-refractivity contribution >= 4 is 44.8 Å². The highest BCUT2D eigenvalue weighted by Crippen LogP contribution is 2.31. The van der Waals surface area contributed by atoms with Crippen molar-refractivity contribution in [1.29, 1.82) is 0 Å². The average Bonchev–Trinajstić information content (AvgIpc) is 2.85. The van der Waals surface area contributed by atoms with E-state index < -0.39 is 15.7 Å². The second-order valence-electron chi connectivity index (χ2n) is 10.1. The van der Waals surface area contributed by atoms with E-state index in [1.54, 1.807) is 24.3 Å². The molecule has 2 aliphatic heterocycles. The number of piperidine rings is 2. The summed E-state index contributed by atoms with van der Waals surface area (Å²) in [5.74, 6) is 0.481. The molecule has 2 aliphatic rings. The molecule has 2 N–H and O–H groups in total. The number of nitrogens with zero attached hydrogens (tertiary/aromatic N) is 3. The molecule has 2 aromatic rings. The summed E-state index contributed by atoms with van der Waals surface area (Å²) in [7, 11) is -1.42. The van der Waals surface area contributed by atoms with E-state index in [9.17, 15) is 18.0 Å². The van der Waals surface area contributed by atoms with E-state index in [-0.39, 0.29) is 22.8 Å². The van der Waals surface area contributed by atoms with Gasteiger partial charge in [0.15, 0.2) is 15.7 Å². The number of aromatic nitrogens is 1. The van der Waals surface area contributed by atoms with Gasteiger partial charge >= 0.3 is 0 Å². The van der Waals surface area contributed by atoms with Crippen molar-refractivity contribution in [3.8, 4) is 0 Å². The molecule has 0 spiro atoms. The Morgan fingerprint density at radius 1 is 1.08 bits per heavy atom. The van der Waals surface area contributed by atoms with Crippen LogP contribution in [-0.4, -0.2) is 75.6 Å². The summed E-state index contributed by atoms with van der Waals surface area (Å²) >= 11 is 6.03. The second-order valence-corrected chi connectivity index (χ2v) is 12.5. The van der Waals surface area contributed by atoms with Crippen LogP contribution in [0.25, 0.3) is 0 Å². The standard InChI is InChI=1S/C26H34ClN5O4S/c1-31-10-8-21(9-11-31)29-24(33)14-18-6-12-32(13-7-18)25-23(16-22(17-28-25)37(2,35)36)30-26(34)19-4-3-5-20(27)15-19/h3-5,15-18,21H,6-14H2,1-2H3,(H,29,33)(H,30,34). The van der Waals surface area contributed by atoms with Crippen molar-refractivity contribution in [3.63, 3.8) is 0 Å². The molecule has 3 heterocycles. The zero-order valence-electron chi connectivity index (χ0n) is 21.2. The number of hydrogen-bond acceptors (Lipinski definition) is 7. The summed E-state index contributed by atoms with van der Waals surface area (Å²) in [5.41, 5.74) is 0.684. The normalized spacial score (nSPS) is 18.0. The predicted octanol–water partition coefficient (Wildman–Crippen LogP) is 3.21. The van der Waals surface area contributed by atoms with E-state index in [4.69, 9.17) is 11.6 Å². The largest absolute Gasteiger partial charge is 0.355 e. The summed E-state index contributed by atoms with van der Waals surface area (Å²) in [6.45, 7) is 3.31. The smallest absolute Gasteiger partial charge is 0.255 e. The lowest BCUT2D eigenvalue weighted by molar-refractivity contribution is -0.123. The highest BCUT2D eigenvalue weighted by molar-refractivity contribution is 7.90. The van der Waals surface area contributed by atoms with Gasteiger partial charge < -0.3 is 20.4 Å². The Morgan fingerprint density at radius 3 is 2.43 bits per heavy atom. The van der Waals surface area contributed by atoms with Gasteiger partial charge in [0.25, 0.3) is 5.91 Å². The number of hydrogen-bond donors (Lipinski definition) is 2. The van der Waals surface area contributed by atoms with Gasteiger partial charge in [0.2, 0.25) is 5.91 Å². The summed E-state index contributed by atoms with van der Waals surface area (Å²) in [6, 6.07) is 8.24. The first kappa shape index (κ1) is 27.3. The molecular formula is C26H34ClN5O4S. The van der Waals surface area contributed by atoms with Crippen molar-refractivity contribution in [3.05, 3.63) is 47.1 Å². The molecular weight excluding hydrogens is 514 g/mol. The molecule has 2 saturated heterocycles. The lowest BCUT2D eigenvalue weighted by Crippen LogP contribution is -2.44. The summed E-state index contributed by atoms with van der Waals surface area (Å²) < 4.78 is 24.3. The Bertz CT molecular complexity index is 1240. The van der Waals surface area contributed by atoms with Crippen molar-refractivity contribution < 1.29 is 18.0 Å². The second kappa shape index (κ2) is 11.8. The molecule has 37 heavy (non-hydrogen) atoms. The van der Waals surface area contributed by atoms with Crippen molar-refractivity contribution in [2.45, 2.75) is 43.0 Å². The van der Waals surface area contributed by atoms with Gasteiger partial charge in [0, 0.05) is 48.6 Å². The first-order valence-corrected chi connectivity index (χ1v) is 14.9. The molecule has 0 unspecified atom stereocenters. The number of carbonyl (C=O) groups excluding carboxylic acids is 2. The minimum Gasteiger partial charge on any atom is -0.355 e. The lowest BCUT2D eigenvalue weighted by atomic mass is 9.92. The minimum atomic E-state index is -3.52. The Morgan fingerprint density at radius 2 is 1.78 bits per heavy atom. The van der Waals surface area contributed by atoms with Gasteiger partial charge in [-0.25, -0.2) is 13.4 Å². The molecule has 2 amide bonds. The van der Waals surface area contributed by atoms with Crippen LogP contribution in [0.5, 0.6) is 0 Å². The van der Waals surface area contributed by atoms with E-state index in [0.29, 0.717) is 41.6 Å². The van der Waals surface area contributed by atoms with E-state index >= 15 is 0 Å². The number of halogens is 1. The Hall–Kier alpha value is -2.69. The summed E-state index contributed by atoms with van der Waals surface area (Å²) in [5, 5.41) is 6.45. The quantitative estimate of drug-likeness (QED) is 0.547. The van der Waals surface area contributed by atoms with Crippen LogP contribution in [0.15, 0.2) is 41.4 Å². The molecule has 1 aromatic carbocycles. The first-order chi connectivity index (χ1) is 17.6. The predicted molar refractivity (Wildman–Crippen MR) is 145 cm³/mol. The number of nitrogens with one attached hydrogen (secondary N) is 2. The molecule has 0 aliphatic carbocycles. The molecule has 0 radical (unpaired) electrons. The number of pyridine rings is 1. The van der Waals surface area contributed by atoms with E-state index in [1.807, 2.05) is 4.90 Å². The van der Waals surface area contributed by atoms with Crippen LogP contribution in [0.2, 0.25) is 5.02 Å². The fourth-order valence-corrected chi connectivity index (χ4v) is 5.63. The van der Waals surface area contributed by atoms with Crippen LogP contribution in [0.4, 0.5) is 11.5 Å². The number of benzene rings is 1. The number of amides is 2. The van der Waals surface area contributed by atoms with Crippen LogP contribution in [0.1, 0.15) is 42.5 Å². The molecule has 2 fully saturated rings. The van der Waals surface area contributed by atoms with Crippen LogP contribution in [0.3, 0.4) is 0 Å². The minimum absolute atomic E-state index is 0.0260. The van der Waals surface area contributed by atoms with Crippen LogP contribution < -0.4 is 15.5 Å². The van der Waals surface area contributed by atoms with E-state index in [2.05, 4.69) is 27.6 Å². The van der Waals surface area contributed by atoms with Gasteiger partial charge in [-0.3, -0.25) is 9.59 Å². The number of anilines is 2. The molecule has 4 rings (SSSR count). The third-order valence-corrected chi connectivity index (χ3v) is 8.39. The Kier molecular flexibility index (Phi) is 8.71. The number of rotatable bonds is 7. The van der Waals surface area contributed by atoms with Crippen molar-refractivity contribution in [2.24, 2.45) is 5.92 Å².